The molecule has 1 amide bonds. The van der Waals surface area contributed by atoms with Gasteiger partial charge in [0.1, 0.15) is 0 Å². The van der Waals surface area contributed by atoms with E-state index in [1.165, 1.54) is 17.9 Å². The summed E-state index contributed by atoms with van der Waals surface area (Å²) in [5.41, 5.74) is 0. The fourth-order valence-electron chi connectivity index (χ4n) is 3.25. The Morgan fingerprint density at radius 2 is 1.95 bits per heavy atom. The Kier molecular flexibility index (Phi) is 5.79. The first-order valence-electron chi connectivity index (χ1n) is 8.11. The molecule has 0 spiro atoms. The van der Waals surface area contributed by atoms with Gasteiger partial charge in [-0.05, 0) is 48.5 Å². The molecule has 3 atom stereocenters. The molecule has 0 saturated carbocycles. The molecule has 2 aliphatic heterocycles. The average molecular weight is 298 g/mol. The quantitative estimate of drug-likeness (QED) is 0.818. The molecule has 1 N–H and O–H groups in total. The third kappa shape index (κ3) is 4.14. The number of nitrogens with zero attached hydrogens (tertiary/aromatic N) is 1. The van der Waals surface area contributed by atoms with Crippen molar-refractivity contribution in [3.8, 4) is 0 Å². The van der Waals surface area contributed by atoms with E-state index in [9.17, 15) is 4.79 Å². The molecule has 2 rings (SSSR count). The number of amides is 1. The maximum absolute atomic E-state index is 12.7. The summed E-state index contributed by atoms with van der Waals surface area (Å²) in [6.07, 6.45) is 3.57. The SMILES string of the molecule is CC(C)CC1NC(CC(C)C)N(CC2CCSC2)C1=O. The van der Waals surface area contributed by atoms with Gasteiger partial charge in [0.25, 0.3) is 0 Å². The maximum atomic E-state index is 12.7. The van der Waals surface area contributed by atoms with Crippen LogP contribution < -0.4 is 5.32 Å². The van der Waals surface area contributed by atoms with Gasteiger partial charge in [0.2, 0.25) is 5.91 Å². The van der Waals surface area contributed by atoms with E-state index in [1.807, 2.05) is 11.8 Å². The van der Waals surface area contributed by atoms with Gasteiger partial charge in [-0.2, -0.15) is 11.8 Å². The Hall–Kier alpha value is -0.220. The largest absolute Gasteiger partial charge is 0.325 e. The Balaban J connectivity index is 2.00. The number of hydrogen-bond acceptors (Lipinski definition) is 3. The van der Waals surface area contributed by atoms with E-state index in [-0.39, 0.29) is 12.2 Å². The standard InChI is InChI=1S/C16H30N2OS/c1-11(2)7-14-16(19)18(9-13-5-6-20-10-13)15(17-14)8-12(3)4/h11-15,17H,5-10H2,1-4H3. The van der Waals surface area contributed by atoms with Crippen LogP contribution in [0.3, 0.4) is 0 Å². The van der Waals surface area contributed by atoms with Crippen molar-refractivity contribution < 1.29 is 4.79 Å². The van der Waals surface area contributed by atoms with E-state index in [2.05, 4.69) is 37.9 Å². The van der Waals surface area contributed by atoms with E-state index in [0.717, 1.165) is 19.4 Å². The molecule has 3 nitrogen and oxygen atoms in total. The molecule has 0 radical (unpaired) electrons. The highest BCUT2D eigenvalue weighted by Crippen LogP contribution is 2.28. The average Bonchev–Trinajstić information content (AvgIpc) is 2.93. The summed E-state index contributed by atoms with van der Waals surface area (Å²) in [6, 6.07) is 0.0489. The molecular weight excluding hydrogens is 268 g/mol. The van der Waals surface area contributed by atoms with Gasteiger partial charge >= 0.3 is 0 Å². The lowest BCUT2D eigenvalue weighted by Gasteiger charge is -2.27. The second kappa shape index (κ2) is 7.17. The Morgan fingerprint density at radius 3 is 2.50 bits per heavy atom. The molecule has 20 heavy (non-hydrogen) atoms. The molecule has 0 aromatic rings. The van der Waals surface area contributed by atoms with Gasteiger partial charge in [-0.1, -0.05) is 27.7 Å². The van der Waals surface area contributed by atoms with Crippen molar-refractivity contribution in [3.63, 3.8) is 0 Å². The first-order valence-corrected chi connectivity index (χ1v) is 9.27. The first kappa shape index (κ1) is 16.2. The van der Waals surface area contributed by atoms with Gasteiger partial charge in [-0.15, -0.1) is 0 Å². The second-order valence-electron chi connectivity index (χ2n) is 7.21. The van der Waals surface area contributed by atoms with Crippen LogP contribution in [0.1, 0.15) is 47.0 Å². The van der Waals surface area contributed by atoms with Crippen LogP contribution in [-0.2, 0) is 4.79 Å². The molecule has 0 aromatic heterocycles. The summed E-state index contributed by atoms with van der Waals surface area (Å²) in [4.78, 5) is 14.8. The monoisotopic (exact) mass is 298 g/mol. The smallest absolute Gasteiger partial charge is 0.241 e. The second-order valence-corrected chi connectivity index (χ2v) is 8.36. The molecule has 0 aliphatic carbocycles. The molecule has 2 saturated heterocycles. The summed E-state index contributed by atoms with van der Waals surface area (Å²) in [7, 11) is 0. The Labute approximate surface area is 128 Å². The van der Waals surface area contributed by atoms with Crippen LogP contribution >= 0.6 is 11.8 Å². The molecule has 116 valence electrons. The van der Waals surface area contributed by atoms with E-state index < -0.39 is 0 Å². The highest BCUT2D eigenvalue weighted by atomic mass is 32.2. The van der Waals surface area contributed by atoms with Crippen molar-refractivity contribution in [1.82, 2.24) is 10.2 Å². The van der Waals surface area contributed by atoms with Crippen molar-refractivity contribution in [2.75, 3.05) is 18.1 Å². The molecule has 0 bridgehead atoms. The fourth-order valence-corrected chi connectivity index (χ4v) is 4.52. The zero-order chi connectivity index (χ0) is 14.7. The zero-order valence-electron chi connectivity index (χ0n) is 13.4. The van der Waals surface area contributed by atoms with Crippen molar-refractivity contribution in [1.29, 1.82) is 0 Å². The van der Waals surface area contributed by atoms with Crippen LogP contribution in [-0.4, -0.2) is 41.1 Å². The van der Waals surface area contributed by atoms with Crippen molar-refractivity contribution in [3.05, 3.63) is 0 Å². The zero-order valence-corrected chi connectivity index (χ0v) is 14.2. The molecule has 2 aliphatic rings. The number of nitrogens with one attached hydrogen (secondary N) is 1. The van der Waals surface area contributed by atoms with Crippen LogP contribution in [0.25, 0.3) is 0 Å². The molecule has 0 aromatic carbocycles. The van der Waals surface area contributed by atoms with Crippen LogP contribution in [0.5, 0.6) is 0 Å². The number of carbonyl (C=O) groups excluding carboxylic acids is 1. The predicted molar refractivity (Wildman–Crippen MR) is 86.8 cm³/mol. The normalized spacial score (nSPS) is 31.0. The number of hydrogen-bond donors (Lipinski definition) is 1. The van der Waals surface area contributed by atoms with Gasteiger partial charge in [-0.25, -0.2) is 0 Å². The Morgan fingerprint density at radius 1 is 1.25 bits per heavy atom. The highest BCUT2D eigenvalue weighted by Gasteiger charge is 2.40. The van der Waals surface area contributed by atoms with Gasteiger partial charge in [-0.3, -0.25) is 10.1 Å². The van der Waals surface area contributed by atoms with Crippen molar-refractivity contribution in [2.24, 2.45) is 17.8 Å². The summed E-state index contributed by atoms with van der Waals surface area (Å²) >= 11 is 2.03. The van der Waals surface area contributed by atoms with Crippen molar-refractivity contribution in [2.45, 2.75) is 59.2 Å². The maximum Gasteiger partial charge on any atom is 0.241 e. The topological polar surface area (TPSA) is 32.3 Å². The van der Waals surface area contributed by atoms with Crippen LogP contribution in [0.4, 0.5) is 0 Å². The van der Waals surface area contributed by atoms with E-state index in [0.29, 0.717) is 23.7 Å². The van der Waals surface area contributed by atoms with E-state index in [1.54, 1.807) is 0 Å². The fraction of sp³-hybridized carbons (Fsp3) is 0.938. The summed E-state index contributed by atoms with van der Waals surface area (Å²) < 4.78 is 0. The third-order valence-corrected chi connectivity index (χ3v) is 5.46. The molecule has 2 heterocycles. The van der Waals surface area contributed by atoms with Crippen molar-refractivity contribution >= 4 is 17.7 Å². The highest BCUT2D eigenvalue weighted by molar-refractivity contribution is 7.99. The molecular formula is C16H30N2OS. The summed E-state index contributed by atoms with van der Waals surface area (Å²) in [5.74, 6) is 4.74. The van der Waals surface area contributed by atoms with Gasteiger partial charge in [0.05, 0.1) is 12.2 Å². The number of carbonyl (C=O) groups is 1. The number of thioether (sulfide) groups is 1. The molecule has 2 fully saturated rings. The first-order chi connectivity index (χ1) is 9.47. The Bertz CT molecular complexity index is 326. The predicted octanol–water partition coefficient (Wildman–Crippen LogP) is 2.96. The van der Waals surface area contributed by atoms with E-state index in [4.69, 9.17) is 0 Å². The van der Waals surface area contributed by atoms with Crippen LogP contribution in [0.15, 0.2) is 0 Å². The lowest BCUT2D eigenvalue weighted by atomic mass is 10.0. The lowest BCUT2D eigenvalue weighted by molar-refractivity contribution is -0.131. The van der Waals surface area contributed by atoms with Gasteiger partial charge in [0.15, 0.2) is 0 Å². The number of rotatable bonds is 6. The van der Waals surface area contributed by atoms with Crippen LogP contribution in [0, 0.1) is 17.8 Å². The van der Waals surface area contributed by atoms with Crippen LogP contribution in [0.2, 0.25) is 0 Å². The van der Waals surface area contributed by atoms with E-state index >= 15 is 0 Å². The minimum absolute atomic E-state index is 0.0489. The molecule has 3 unspecified atom stereocenters. The van der Waals surface area contributed by atoms with Gasteiger partial charge in [0, 0.05) is 6.54 Å². The molecule has 4 heteroatoms. The minimum Gasteiger partial charge on any atom is -0.325 e. The summed E-state index contributed by atoms with van der Waals surface area (Å²) in [5, 5.41) is 3.60. The summed E-state index contributed by atoms with van der Waals surface area (Å²) in [6.45, 7) is 9.84. The minimum atomic E-state index is 0.0489. The lowest BCUT2D eigenvalue weighted by Crippen LogP contribution is -2.41. The van der Waals surface area contributed by atoms with Gasteiger partial charge < -0.3 is 4.90 Å². The third-order valence-electron chi connectivity index (χ3n) is 4.23.